The van der Waals surface area contributed by atoms with E-state index in [-0.39, 0.29) is 29.6 Å². The van der Waals surface area contributed by atoms with Crippen LogP contribution in [0.2, 0.25) is 0 Å². The van der Waals surface area contributed by atoms with E-state index in [0.29, 0.717) is 18.5 Å². The summed E-state index contributed by atoms with van der Waals surface area (Å²) >= 11 is 0. The molecule has 192 valence electrons. The summed E-state index contributed by atoms with van der Waals surface area (Å²) in [7, 11) is 0. The van der Waals surface area contributed by atoms with Crippen LogP contribution in [0.4, 0.5) is 4.39 Å². The molecule has 3 N–H and O–H groups in total. The van der Waals surface area contributed by atoms with Gasteiger partial charge in [0.1, 0.15) is 5.82 Å². The number of carboxylic acids is 1. The Balaban J connectivity index is 1.60. The molecule has 0 saturated heterocycles. The summed E-state index contributed by atoms with van der Waals surface area (Å²) in [5, 5.41) is 23.4. The SMILES string of the molecule is Cc1cc(C(=O)O)cc(-c2ccccc2[C@@H](C)OC[C@H](O)CNC(C)(C)Cc2ccc(C)c(F)c2)c1. The maximum absolute atomic E-state index is 13.9. The Morgan fingerprint density at radius 3 is 2.50 bits per heavy atom. The van der Waals surface area contributed by atoms with E-state index in [1.807, 2.05) is 64.1 Å². The van der Waals surface area contributed by atoms with Crippen molar-refractivity contribution in [3.63, 3.8) is 0 Å². The molecule has 0 amide bonds. The first-order chi connectivity index (χ1) is 16.9. The van der Waals surface area contributed by atoms with Gasteiger partial charge in [-0.15, -0.1) is 0 Å². The van der Waals surface area contributed by atoms with Crippen molar-refractivity contribution in [3.05, 3.63) is 94.3 Å². The molecule has 3 rings (SSSR count). The van der Waals surface area contributed by atoms with Gasteiger partial charge in [-0.25, -0.2) is 9.18 Å². The summed E-state index contributed by atoms with van der Waals surface area (Å²) in [6.45, 7) is 10.0. The Bertz CT molecular complexity index is 1210. The standard InChI is InChI=1S/C30H36FNO4/c1-19-12-23(15-24(13-19)29(34)35)27-9-7-6-8-26(27)21(3)36-18-25(33)17-32-30(4,5)16-22-11-10-20(2)28(31)14-22/h6-15,21,25,32-33H,16-18H2,1-5H3,(H,34,35)/t21-,25-/m1/s1. The van der Waals surface area contributed by atoms with E-state index in [4.69, 9.17) is 4.74 Å². The van der Waals surface area contributed by atoms with Gasteiger partial charge in [0.2, 0.25) is 0 Å². The van der Waals surface area contributed by atoms with Crippen molar-refractivity contribution in [2.45, 2.75) is 58.8 Å². The summed E-state index contributed by atoms with van der Waals surface area (Å²) in [6, 6.07) is 18.3. The van der Waals surface area contributed by atoms with Crippen molar-refractivity contribution in [3.8, 4) is 11.1 Å². The van der Waals surface area contributed by atoms with Crippen LogP contribution in [0.15, 0.2) is 60.7 Å². The van der Waals surface area contributed by atoms with Gasteiger partial charge in [-0.2, -0.15) is 0 Å². The summed E-state index contributed by atoms with van der Waals surface area (Å²) in [5.74, 6) is -1.18. The van der Waals surface area contributed by atoms with Crippen LogP contribution in [0.1, 0.15) is 59.5 Å². The number of nitrogens with one attached hydrogen (secondary N) is 1. The number of aryl methyl sites for hydroxylation is 2. The first-order valence-corrected chi connectivity index (χ1v) is 12.2. The van der Waals surface area contributed by atoms with Crippen LogP contribution in [0.5, 0.6) is 0 Å². The minimum atomic E-state index is -0.965. The average molecular weight is 494 g/mol. The number of β-amino-alcohol motifs (C(OH)–C–C–N with tert-alkyl or cyclic N) is 1. The molecule has 0 spiro atoms. The lowest BCUT2D eigenvalue weighted by Crippen LogP contribution is -2.46. The molecule has 0 aliphatic rings. The van der Waals surface area contributed by atoms with Crippen molar-refractivity contribution in [1.29, 1.82) is 0 Å². The van der Waals surface area contributed by atoms with Gasteiger partial charge in [-0.05, 0) is 92.6 Å². The molecule has 36 heavy (non-hydrogen) atoms. The van der Waals surface area contributed by atoms with E-state index in [0.717, 1.165) is 27.8 Å². The number of hydrogen-bond donors (Lipinski definition) is 3. The third-order valence-corrected chi connectivity index (χ3v) is 6.27. The lowest BCUT2D eigenvalue weighted by molar-refractivity contribution is -0.00397. The molecule has 5 nitrogen and oxygen atoms in total. The van der Waals surface area contributed by atoms with Crippen LogP contribution in [0.25, 0.3) is 11.1 Å². The second kappa shape index (κ2) is 11.8. The predicted octanol–water partition coefficient (Wildman–Crippen LogP) is 5.86. The number of hydrogen-bond acceptors (Lipinski definition) is 4. The summed E-state index contributed by atoms with van der Waals surface area (Å²) in [4.78, 5) is 11.5. The zero-order valence-corrected chi connectivity index (χ0v) is 21.6. The fraction of sp³-hybridized carbons (Fsp3) is 0.367. The minimum Gasteiger partial charge on any atom is -0.478 e. The lowest BCUT2D eigenvalue weighted by atomic mass is 9.94. The Kier molecular flexibility index (Phi) is 9.01. The zero-order valence-electron chi connectivity index (χ0n) is 21.6. The largest absolute Gasteiger partial charge is 0.478 e. The smallest absolute Gasteiger partial charge is 0.335 e. The van der Waals surface area contributed by atoms with Crippen molar-refractivity contribution in [2.24, 2.45) is 0 Å². The fourth-order valence-electron chi connectivity index (χ4n) is 4.29. The Hall–Kier alpha value is -3.06. The predicted molar refractivity (Wildman–Crippen MR) is 141 cm³/mol. The normalized spacial score (nSPS) is 13.4. The van der Waals surface area contributed by atoms with Crippen molar-refractivity contribution in [1.82, 2.24) is 5.32 Å². The number of ether oxygens (including phenoxy) is 1. The van der Waals surface area contributed by atoms with E-state index in [1.165, 1.54) is 0 Å². The van der Waals surface area contributed by atoms with Gasteiger partial charge in [0.25, 0.3) is 0 Å². The van der Waals surface area contributed by atoms with Gasteiger partial charge in [-0.3, -0.25) is 0 Å². The van der Waals surface area contributed by atoms with E-state index < -0.39 is 12.1 Å². The number of carbonyl (C=O) groups is 1. The Morgan fingerprint density at radius 2 is 1.81 bits per heavy atom. The number of benzene rings is 3. The molecule has 0 radical (unpaired) electrons. The highest BCUT2D eigenvalue weighted by Crippen LogP contribution is 2.31. The average Bonchev–Trinajstić information content (AvgIpc) is 2.83. The highest BCUT2D eigenvalue weighted by Gasteiger charge is 2.21. The molecule has 6 heteroatoms. The second-order valence-corrected chi connectivity index (χ2v) is 10.1. The quantitative estimate of drug-likeness (QED) is 0.312. The number of aliphatic hydroxyl groups is 1. The van der Waals surface area contributed by atoms with Crippen LogP contribution < -0.4 is 5.32 Å². The molecular formula is C30H36FNO4. The molecule has 0 saturated carbocycles. The number of carboxylic acid groups (broad SMARTS) is 1. The number of rotatable bonds is 11. The van der Waals surface area contributed by atoms with Gasteiger partial charge >= 0.3 is 5.97 Å². The molecule has 0 fully saturated rings. The lowest BCUT2D eigenvalue weighted by Gasteiger charge is -2.28. The summed E-state index contributed by atoms with van der Waals surface area (Å²) < 4.78 is 19.9. The maximum atomic E-state index is 13.9. The molecule has 2 atom stereocenters. The molecule has 0 aliphatic carbocycles. The molecule has 0 unspecified atom stereocenters. The van der Waals surface area contributed by atoms with Crippen LogP contribution >= 0.6 is 0 Å². The van der Waals surface area contributed by atoms with E-state index >= 15 is 0 Å². The molecular weight excluding hydrogens is 457 g/mol. The second-order valence-electron chi connectivity index (χ2n) is 10.1. The van der Waals surface area contributed by atoms with Gasteiger partial charge < -0.3 is 20.3 Å². The van der Waals surface area contributed by atoms with Gasteiger partial charge in [0.15, 0.2) is 0 Å². The van der Waals surface area contributed by atoms with Crippen LogP contribution in [-0.4, -0.2) is 41.0 Å². The molecule has 0 aromatic heterocycles. The third-order valence-electron chi connectivity index (χ3n) is 6.27. The fourth-order valence-corrected chi connectivity index (χ4v) is 4.29. The minimum absolute atomic E-state index is 0.131. The van der Waals surface area contributed by atoms with Crippen LogP contribution in [-0.2, 0) is 11.2 Å². The topological polar surface area (TPSA) is 78.8 Å². The number of halogens is 1. The summed E-state index contributed by atoms with van der Waals surface area (Å²) in [5.41, 5.74) is 4.92. The van der Waals surface area contributed by atoms with Gasteiger partial charge in [0.05, 0.1) is 24.4 Å². The van der Waals surface area contributed by atoms with Crippen LogP contribution in [0, 0.1) is 19.7 Å². The molecule has 3 aromatic carbocycles. The first kappa shape index (κ1) is 27.5. The highest BCUT2D eigenvalue weighted by molar-refractivity contribution is 5.90. The van der Waals surface area contributed by atoms with Crippen LogP contribution in [0.3, 0.4) is 0 Å². The molecule has 0 heterocycles. The van der Waals surface area contributed by atoms with Gasteiger partial charge in [0, 0.05) is 12.1 Å². The highest BCUT2D eigenvalue weighted by atomic mass is 19.1. The van der Waals surface area contributed by atoms with E-state index in [9.17, 15) is 19.4 Å². The Labute approximate surface area is 213 Å². The Morgan fingerprint density at radius 1 is 1.08 bits per heavy atom. The number of aliphatic hydroxyl groups excluding tert-OH is 1. The van der Waals surface area contributed by atoms with Gasteiger partial charge in [-0.1, -0.05) is 42.5 Å². The van der Waals surface area contributed by atoms with E-state index in [1.54, 1.807) is 31.2 Å². The van der Waals surface area contributed by atoms with E-state index in [2.05, 4.69) is 5.32 Å². The molecule has 3 aromatic rings. The molecule has 0 bridgehead atoms. The van der Waals surface area contributed by atoms with Crippen molar-refractivity contribution >= 4 is 5.97 Å². The van der Waals surface area contributed by atoms with Crippen molar-refractivity contribution < 1.29 is 24.1 Å². The first-order valence-electron chi connectivity index (χ1n) is 12.2. The monoisotopic (exact) mass is 493 g/mol. The third kappa shape index (κ3) is 7.47. The maximum Gasteiger partial charge on any atom is 0.335 e. The summed E-state index contributed by atoms with van der Waals surface area (Å²) in [6.07, 6.45) is -0.421. The van der Waals surface area contributed by atoms with Crippen molar-refractivity contribution in [2.75, 3.05) is 13.2 Å². The molecule has 0 aliphatic heterocycles. The zero-order chi connectivity index (χ0) is 26.5. The number of aromatic carboxylic acids is 1.